The van der Waals surface area contributed by atoms with E-state index in [2.05, 4.69) is 59.9 Å². The van der Waals surface area contributed by atoms with E-state index in [9.17, 15) is 0 Å². The number of hydrogen-bond acceptors (Lipinski definition) is 4. The van der Waals surface area contributed by atoms with Gasteiger partial charge in [-0.3, -0.25) is 0 Å². The van der Waals surface area contributed by atoms with Gasteiger partial charge in [-0.2, -0.15) is 25.3 Å². The number of hydrogen-bond donors (Lipinski definition) is 4. The summed E-state index contributed by atoms with van der Waals surface area (Å²) in [5.74, 6) is 1.75. The van der Waals surface area contributed by atoms with Gasteiger partial charge in [0, 0.05) is 11.6 Å². The zero-order valence-electron chi connectivity index (χ0n) is 18.3. The molecule has 2 unspecified atom stereocenters. The first-order chi connectivity index (χ1) is 12.0. The van der Waals surface area contributed by atoms with E-state index in [4.69, 9.17) is 11.5 Å². The van der Waals surface area contributed by atoms with Crippen LogP contribution in [0.5, 0.6) is 0 Å². The molecule has 0 aliphatic carbocycles. The van der Waals surface area contributed by atoms with Crippen LogP contribution in [0.4, 0.5) is 0 Å². The zero-order valence-corrected chi connectivity index (χ0v) is 20.1. The maximum absolute atomic E-state index is 6.94. The van der Waals surface area contributed by atoms with Crippen molar-refractivity contribution >= 4 is 25.3 Å². The molecule has 0 spiro atoms. The van der Waals surface area contributed by atoms with E-state index in [0.29, 0.717) is 0 Å². The van der Waals surface area contributed by atoms with E-state index >= 15 is 0 Å². The Balaban J connectivity index is 4.62. The summed E-state index contributed by atoms with van der Waals surface area (Å²) in [6.07, 6.45) is 13.1. The fourth-order valence-electron chi connectivity index (χ4n) is 3.92. The zero-order chi connectivity index (χ0) is 20.3. The number of rotatable bonds is 16. The second kappa shape index (κ2) is 13.0. The van der Waals surface area contributed by atoms with Crippen LogP contribution >= 0.6 is 25.3 Å². The molecule has 0 amide bonds. The molecule has 0 bridgehead atoms. The molecular weight excluding hydrogens is 356 g/mol. The first-order valence-corrected chi connectivity index (χ1v) is 12.0. The Labute approximate surface area is 175 Å². The second-order valence-corrected chi connectivity index (χ2v) is 10.8. The van der Waals surface area contributed by atoms with Gasteiger partial charge in [0.1, 0.15) is 0 Å². The van der Waals surface area contributed by atoms with Crippen molar-refractivity contribution in [2.45, 2.75) is 117 Å². The van der Waals surface area contributed by atoms with Crippen LogP contribution in [0.3, 0.4) is 0 Å². The molecule has 4 heteroatoms. The molecule has 0 aromatic rings. The molecule has 158 valence electrons. The molecule has 2 atom stereocenters. The molecule has 26 heavy (non-hydrogen) atoms. The maximum atomic E-state index is 6.94. The molecule has 0 rings (SSSR count). The van der Waals surface area contributed by atoms with Crippen LogP contribution in [0.1, 0.15) is 105 Å². The molecule has 0 aromatic heterocycles. The largest absolute Gasteiger partial charge is 0.328 e. The van der Waals surface area contributed by atoms with Crippen LogP contribution < -0.4 is 11.5 Å². The SMILES string of the molecule is CCCCCCCCC(N)(CCC(N)CC(C)(C)CS)CC(C)(C)CS. The Kier molecular flexibility index (Phi) is 13.3. The minimum atomic E-state index is -0.111. The third-order valence-corrected chi connectivity index (χ3v) is 7.25. The minimum absolute atomic E-state index is 0.111. The van der Waals surface area contributed by atoms with Crippen LogP contribution in [-0.2, 0) is 0 Å². The fourth-order valence-corrected chi connectivity index (χ4v) is 4.16. The fraction of sp³-hybridized carbons (Fsp3) is 1.00. The van der Waals surface area contributed by atoms with Crippen molar-refractivity contribution in [2.75, 3.05) is 11.5 Å². The lowest BCUT2D eigenvalue weighted by Gasteiger charge is -2.38. The highest BCUT2D eigenvalue weighted by Gasteiger charge is 2.32. The van der Waals surface area contributed by atoms with Crippen molar-refractivity contribution in [3.8, 4) is 0 Å². The lowest BCUT2D eigenvalue weighted by atomic mass is 9.74. The van der Waals surface area contributed by atoms with E-state index in [1.807, 2.05) is 0 Å². The van der Waals surface area contributed by atoms with E-state index in [0.717, 1.165) is 43.6 Å². The summed E-state index contributed by atoms with van der Waals surface area (Å²) in [7, 11) is 0. The summed E-state index contributed by atoms with van der Waals surface area (Å²) >= 11 is 9.01. The Morgan fingerprint density at radius 3 is 1.88 bits per heavy atom. The lowest BCUT2D eigenvalue weighted by Crippen LogP contribution is -2.45. The van der Waals surface area contributed by atoms with Crippen LogP contribution in [0.15, 0.2) is 0 Å². The first-order valence-electron chi connectivity index (χ1n) is 10.8. The highest BCUT2D eigenvalue weighted by molar-refractivity contribution is 7.80. The van der Waals surface area contributed by atoms with Crippen molar-refractivity contribution in [3.05, 3.63) is 0 Å². The molecule has 4 N–H and O–H groups in total. The van der Waals surface area contributed by atoms with E-state index in [1.54, 1.807) is 0 Å². The molecule has 0 aliphatic rings. The van der Waals surface area contributed by atoms with Crippen molar-refractivity contribution in [3.63, 3.8) is 0 Å². The monoisotopic (exact) mass is 404 g/mol. The number of unbranched alkanes of at least 4 members (excludes halogenated alkanes) is 5. The summed E-state index contributed by atoms with van der Waals surface area (Å²) in [6, 6.07) is 0.212. The first kappa shape index (κ1) is 26.6. The number of thiol groups is 2. The molecule has 2 nitrogen and oxygen atoms in total. The summed E-state index contributed by atoms with van der Waals surface area (Å²) in [6.45, 7) is 11.3. The van der Waals surface area contributed by atoms with Crippen LogP contribution in [0, 0.1) is 10.8 Å². The Morgan fingerprint density at radius 2 is 1.35 bits per heavy atom. The third kappa shape index (κ3) is 12.9. The predicted octanol–water partition coefficient (Wildman–Crippen LogP) is 6.23. The van der Waals surface area contributed by atoms with Crippen LogP contribution in [0.25, 0.3) is 0 Å². The summed E-state index contributed by atoms with van der Waals surface area (Å²) < 4.78 is 0. The van der Waals surface area contributed by atoms with Crippen molar-refractivity contribution < 1.29 is 0 Å². The molecular formula is C22H48N2S2. The van der Waals surface area contributed by atoms with Gasteiger partial charge in [-0.25, -0.2) is 0 Å². The van der Waals surface area contributed by atoms with Crippen molar-refractivity contribution in [2.24, 2.45) is 22.3 Å². The normalized spacial score (nSPS) is 16.5. The summed E-state index contributed by atoms with van der Waals surface area (Å²) in [5.41, 5.74) is 13.6. The second-order valence-electron chi connectivity index (χ2n) is 10.2. The smallest absolute Gasteiger partial charge is 0.0160 e. The van der Waals surface area contributed by atoms with E-state index in [1.165, 1.54) is 38.5 Å². The lowest BCUT2D eigenvalue weighted by molar-refractivity contribution is 0.214. The predicted molar refractivity (Wildman–Crippen MR) is 127 cm³/mol. The van der Waals surface area contributed by atoms with Gasteiger partial charge in [-0.1, -0.05) is 73.1 Å². The van der Waals surface area contributed by atoms with Crippen molar-refractivity contribution in [1.82, 2.24) is 0 Å². The average Bonchev–Trinajstić information content (AvgIpc) is 2.55. The standard InChI is InChI=1S/C22H48N2S2/c1-6-7-8-9-10-11-13-22(24,16-21(4,5)18-26)14-12-19(23)15-20(2,3)17-25/h19,25-26H,6-18,23-24H2,1-5H3. The topological polar surface area (TPSA) is 52.0 Å². The summed E-state index contributed by atoms with van der Waals surface area (Å²) in [4.78, 5) is 0. The third-order valence-electron chi connectivity index (χ3n) is 5.54. The van der Waals surface area contributed by atoms with E-state index in [-0.39, 0.29) is 22.4 Å². The van der Waals surface area contributed by atoms with Gasteiger partial charge in [-0.05, 0) is 54.4 Å². The van der Waals surface area contributed by atoms with Gasteiger partial charge in [0.25, 0.3) is 0 Å². The molecule has 0 heterocycles. The highest BCUT2D eigenvalue weighted by atomic mass is 32.1. The Bertz CT molecular complexity index is 358. The Hall–Kier alpha value is 0.620. The van der Waals surface area contributed by atoms with Gasteiger partial charge in [-0.15, -0.1) is 0 Å². The molecule has 0 radical (unpaired) electrons. The number of nitrogens with two attached hydrogens (primary N) is 2. The summed E-state index contributed by atoms with van der Waals surface area (Å²) in [5, 5.41) is 0. The molecule has 0 aromatic carbocycles. The van der Waals surface area contributed by atoms with Gasteiger partial charge in [0.2, 0.25) is 0 Å². The van der Waals surface area contributed by atoms with Crippen LogP contribution in [0.2, 0.25) is 0 Å². The van der Waals surface area contributed by atoms with Gasteiger partial charge < -0.3 is 11.5 Å². The minimum Gasteiger partial charge on any atom is -0.328 e. The molecule has 0 fully saturated rings. The maximum Gasteiger partial charge on any atom is 0.0160 e. The quantitative estimate of drug-likeness (QED) is 0.182. The molecule has 0 saturated carbocycles. The van der Waals surface area contributed by atoms with E-state index < -0.39 is 0 Å². The molecule has 0 aliphatic heterocycles. The molecule has 0 saturated heterocycles. The van der Waals surface area contributed by atoms with Gasteiger partial charge >= 0.3 is 0 Å². The Morgan fingerprint density at radius 1 is 0.808 bits per heavy atom. The average molecular weight is 405 g/mol. The van der Waals surface area contributed by atoms with Gasteiger partial charge in [0.05, 0.1) is 0 Å². The highest BCUT2D eigenvalue weighted by Crippen LogP contribution is 2.35. The van der Waals surface area contributed by atoms with Gasteiger partial charge in [0.15, 0.2) is 0 Å². The van der Waals surface area contributed by atoms with Crippen molar-refractivity contribution in [1.29, 1.82) is 0 Å². The van der Waals surface area contributed by atoms with Crippen LogP contribution in [-0.4, -0.2) is 23.1 Å².